The molecule has 0 aliphatic heterocycles. The number of hydrogen-bond donors (Lipinski definition) is 0. The van der Waals surface area contributed by atoms with Gasteiger partial charge >= 0.3 is 0 Å². The molecule has 2 aromatic rings. The van der Waals surface area contributed by atoms with Gasteiger partial charge in [0.1, 0.15) is 5.69 Å². The van der Waals surface area contributed by atoms with Crippen LogP contribution in [0.1, 0.15) is 0 Å². The van der Waals surface area contributed by atoms with E-state index in [1.165, 1.54) is 0 Å². The van der Waals surface area contributed by atoms with Gasteiger partial charge in [-0.2, -0.15) is 5.10 Å². The van der Waals surface area contributed by atoms with Crippen LogP contribution in [-0.4, -0.2) is 19.7 Å². The molecule has 0 radical (unpaired) electrons. The van der Waals surface area contributed by atoms with Crippen molar-refractivity contribution in [3.63, 3.8) is 0 Å². The van der Waals surface area contributed by atoms with Crippen LogP contribution in [0, 0.1) is 0 Å². The minimum absolute atomic E-state index is 0.239. The summed E-state index contributed by atoms with van der Waals surface area (Å²) in [6.07, 6.45) is 3.46. The van der Waals surface area contributed by atoms with E-state index >= 15 is 0 Å². The van der Waals surface area contributed by atoms with Gasteiger partial charge < -0.3 is 0 Å². The van der Waals surface area contributed by atoms with Gasteiger partial charge in [-0.1, -0.05) is 0 Å². The zero-order valence-electron chi connectivity index (χ0n) is 6.98. The Kier molecular flexibility index (Phi) is 1.98. The SMILES string of the molecule is Cn1ccc(-c2ccnc(Cl)n2)n1. The summed E-state index contributed by atoms with van der Waals surface area (Å²) in [5, 5.41) is 4.43. The summed E-state index contributed by atoms with van der Waals surface area (Å²) < 4.78 is 1.71. The Hall–Kier alpha value is -1.42. The molecule has 0 unspecified atom stereocenters. The second-order valence-electron chi connectivity index (χ2n) is 2.59. The molecule has 66 valence electrons. The first kappa shape index (κ1) is 8.19. The van der Waals surface area contributed by atoms with Crippen molar-refractivity contribution in [1.29, 1.82) is 0 Å². The second kappa shape index (κ2) is 3.14. The normalized spacial score (nSPS) is 10.3. The highest BCUT2D eigenvalue weighted by Gasteiger charge is 2.02. The van der Waals surface area contributed by atoms with Gasteiger partial charge in [-0.25, -0.2) is 9.97 Å². The average molecular weight is 195 g/mol. The minimum Gasteiger partial charge on any atom is -0.275 e. The fourth-order valence-corrected chi connectivity index (χ4v) is 1.18. The van der Waals surface area contributed by atoms with Gasteiger partial charge in [-0.15, -0.1) is 0 Å². The van der Waals surface area contributed by atoms with Crippen molar-refractivity contribution >= 4 is 11.6 Å². The van der Waals surface area contributed by atoms with Crippen LogP contribution in [0.25, 0.3) is 11.4 Å². The summed E-state index contributed by atoms with van der Waals surface area (Å²) >= 11 is 5.64. The quantitative estimate of drug-likeness (QED) is 0.647. The van der Waals surface area contributed by atoms with Crippen LogP contribution in [0.15, 0.2) is 24.5 Å². The summed E-state index contributed by atoms with van der Waals surface area (Å²) in [5.41, 5.74) is 1.53. The molecular formula is C8H7ClN4. The van der Waals surface area contributed by atoms with Crippen molar-refractivity contribution in [1.82, 2.24) is 19.7 Å². The van der Waals surface area contributed by atoms with Crippen molar-refractivity contribution in [3.05, 3.63) is 29.8 Å². The number of halogens is 1. The van der Waals surface area contributed by atoms with E-state index < -0.39 is 0 Å². The lowest BCUT2D eigenvalue weighted by Crippen LogP contribution is -1.90. The number of aromatic nitrogens is 4. The molecule has 0 aromatic carbocycles. The third-order valence-corrected chi connectivity index (χ3v) is 1.78. The topological polar surface area (TPSA) is 43.6 Å². The van der Waals surface area contributed by atoms with Crippen molar-refractivity contribution in [2.45, 2.75) is 0 Å². The largest absolute Gasteiger partial charge is 0.275 e. The Morgan fingerprint density at radius 3 is 2.77 bits per heavy atom. The summed E-state index contributed by atoms with van der Waals surface area (Å²) in [4.78, 5) is 7.83. The zero-order valence-corrected chi connectivity index (χ0v) is 7.73. The van der Waals surface area contributed by atoms with Crippen LogP contribution in [0.4, 0.5) is 0 Å². The number of hydrogen-bond acceptors (Lipinski definition) is 3. The lowest BCUT2D eigenvalue weighted by Gasteiger charge is -1.94. The van der Waals surface area contributed by atoms with Crippen molar-refractivity contribution in [2.24, 2.45) is 7.05 Å². The molecule has 2 aromatic heterocycles. The van der Waals surface area contributed by atoms with E-state index in [1.807, 2.05) is 19.3 Å². The van der Waals surface area contributed by atoms with E-state index in [9.17, 15) is 0 Å². The van der Waals surface area contributed by atoms with Crippen LogP contribution in [0.2, 0.25) is 5.28 Å². The predicted octanol–water partition coefficient (Wildman–Crippen LogP) is 1.53. The molecule has 0 saturated heterocycles. The third kappa shape index (κ3) is 1.67. The molecule has 0 fully saturated rings. The summed E-state index contributed by atoms with van der Waals surface area (Å²) in [5.74, 6) is 0. The lowest BCUT2D eigenvalue weighted by molar-refractivity contribution is 0.770. The highest BCUT2D eigenvalue weighted by Crippen LogP contribution is 2.14. The molecule has 2 rings (SSSR count). The first-order valence-corrected chi connectivity index (χ1v) is 4.12. The number of rotatable bonds is 1. The van der Waals surface area contributed by atoms with Gasteiger partial charge in [0.05, 0.1) is 5.69 Å². The van der Waals surface area contributed by atoms with E-state index in [4.69, 9.17) is 11.6 Å². The minimum atomic E-state index is 0.239. The Morgan fingerprint density at radius 1 is 1.31 bits per heavy atom. The van der Waals surface area contributed by atoms with Gasteiger partial charge in [-0.3, -0.25) is 4.68 Å². The third-order valence-electron chi connectivity index (χ3n) is 1.60. The highest BCUT2D eigenvalue weighted by atomic mass is 35.5. The summed E-state index contributed by atoms with van der Waals surface area (Å²) in [6.45, 7) is 0. The van der Waals surface area contributed by atoms with Gasteiger partial charge in [0, 0.05) is 19.4 Å². The fraction of sp³-hybridized carbons (Fsp3) is 0.125. The van der Waals surface area contributed by atoms with E-state index in [1.54, 1.807) is 16.9 Å². The zero-order chi connectivity index (χ0) is 9.26. The molecule has 0 atom stereocenters. The Morgan fingerprint density at radius 2 is 2.15 bits per heavy atom. The molecule has 0 saturated carbocycles. The Bertz CT molecular complexity index is 424. The van der Waals surface area contributed by atoms with Crippen LogP contribution in [-0.2, 0) is 7.05 Å². The molecular weight excluding hydrogens is 188 g/mol. The van der Waals surface area contributed by atoms with Gasteiger partial charge in [0.15, 0.2) is 0 Å². The van der Waals surface area contributed by atoms with Crippen molar-refractivity contribution < 1.29 is 0 Å². The predicted molar refractivity (Wildman–Crippen MR) is 49.2 cm³/mol. The molecule has 13 heavy (non-hydrogen) atoms. The lowest BCUT2D eigenvalue weighted by atomic mass is 10.3. The monoisotopic (exact) mass is 194 g/mol. The Labute approximate surface area is 80.2 Å². The van der Waals surface area contributed by atoms with E-state index in [2.05, 4.69) is 15.1 Å². The van der Waals surface area contributed by atoms with Crippen LogP contribution < -0.4 is 0 Å². The molecule has 4 nitrogen and oxygen atoms in total. The first-order chi connectivity index (χ1) is 6.25. The van der Waals surface area contributed by atoms with E-state index in [0.29, 0.717) is 0 Å². The Balaban J connectivity index is 2.46. The molecule has 2 heterocycles. The van der Waals surface area contributed by atoms with Gasteiger partial charge in [-0.05, 0) is 23.7 Å². The first-order valence-electron chi connectivity index (χ1n) is 3.74. The number of aryl methyl sites for hydroxylation is 1. The maximum Gasteiger partial charge on any atom is 0.222 e. The van der Waals surface area contributed by atoms with Crippen LogP contribution in [0.5, 0.6) is 0 Å². The average Bonchev–Trinajstić information content (AvgIpc) is 2.52. The molecule has 0 bridgehead atoms. The molecule has 0 aliphatic carbocycles. The van der Waals surface area contributed by atoms with Crippen molar-refractivity contribution in [3.8, 4) is 11.4 Å². The number of nitrogens with zero attached hydrogens (tertiary/aromatic N) is 4. The molecule has 0 N–H and O–H groups in total. The summed E-state index contributed by atoms with van der Waals surface area (Å²) in [7, 11) is 1.85. The van der Waals surface area contributed by atoms with Crippen LogP contribution in [0.3, 0.4) is 0 Å². The molecule has 0 spiro atoms. The highest BCUT2D eigenvalue weighted by molar-refractivity contribution is 6.28. The van der Waals surface area contributed by atoms with Gasteiger partial charge in [0.25, 0.3) is 0 Å². The second-order valence-corrected chi connectivity index (χ2v) is 2.92. The van der Waals surface area contributed by atoms with Gasteiger partial charge in [0.2, 0.25) is 5.28 Å². The van der Waals surface area contributed by atoms with E-state index in [0.717, 1.165) is 11.4 Å². The smallest absolute Gasteiger partial charge is 0.222 e. The molecule has 0 aliphatic rings. The standard InChI is InChI=1S/C8H7ClN4/c1-13-5-3-7(12-13)6-2-4-10-8(9)11-6/h2-5H,1H3. The van der Waals surface area contributed by atoms with Crippen molar-refractivity contribution in [2.75, 3.05) is 0 Å². The maximum absolute atomic E-state index is 5.64. The van der Waals surface area contributed by atoms with E-state index in [-0.39, 0.29) is 5.28 Å². The fourth-order valence-electron chi connectivity index (χ4n) is 1.03. The summed E-state index contributed by atoms with van der Waals surface area (Å²) in [6, 6.07) is 3.65. The molecule has 0 amide bonds. The van der Waals surface area contributed by atoms with Crippen LogP contribution >= 0.6 is 11.6 Å². The maximum atomic E-state index is 5.64. The molecule has 5 heteroatoms.